The van der Waals surface area contributed by atoms with Crippen LogP contribution in [-0.2, 0) is 14.3 Å². The van der Waals surface area contributed by atoms with Crippen molar-refractivity contribution in [3.63, 3.8) is 0 Å². The second-order valence-corrected chi connectivity index (χ2v) is 9.65. The Morgan fingerprint density at radius 1 is 1.08 bits per heavy atom. The van der Waals surface area contributed by atoms with E-state index in [1.54, 1.807) is 0 Å². The molecule has 0 bridgehead atoms. The quantitative estimate of drug-likeness (QED) is 0.614. The van der Waals surface area contributed by atoms with Crippen LogP contribution in [0.1, 0.15) is 72.1 Å². The van der Waals surface area contributed by atoms with Gasteiger partial charge in [-0.1, -0.05) is 25.4 Å². The average molecular weight is 365 g/mol. The molecule has 3 saturated carbocycles. The van der Waals surface area contributed by atoms with Crippen molar-refractivity contribution in [2.45, 2.75) is 78.2 Å². The molecule has 4 rings (SSSR count). The van der Waals surface area contributed by atoms with Gasteiger partial charge in [-0.15, -0.1) is 0 Å². The minimum Gasteiger partial charge on any atom is -0.462 e. The second kappa shape index (κ2) is 5.84. The SMILES string of the molecule is CC(=O)O[C@H]1CC[C@H]2C3CCC4=C(Cl)C(=O)CC[C@]4(C)[C@H]3CC[C@]12C. The summed E-state index contributed by atoms with van der Waals surface area (Å²) in [6.07, 6.45) is 8.17. The smallest absolute Gasteiger partial charge is 0.302 e. The number of ketones is 1. The molecule has 0 aromatic heterocycles. The molecule has 0 saturated heterocycles. The maximum atomic E-state index is 12.1. The maximum absolute atomic E-state index is 12.1. The lowest BCUT2D eigenvalue weighted by molar-refractivity contribution is -0.157. The topological polar surface area (TPSA) is 43.4 Å². The predicted octanol–water partition coefficient (Wildman–Crippen LogP) is 5.02. The van der Waals surface area contributed by atoms with E-state index in [1.807, 2.05) is 0 Å². The summed E-state index contributed by atoms with van der Waals surface area (Å²) in [4.78, 5) is 23.6. The van der Waals surface area contributed by atoms with Crippen molar-refractivity contribution in [2.24, 2.45) is 28.6 Å². The molecule has 1 unspecified atom stereocenters. The van der Waals surface area contributed by atoms with Crippen molar-refractivity contribution in [1.29, 1.82) is 0 Å². The van der Waals surface area contributed by atoms with Gasteiger partial charge in [-0.05, 0) is 73.7 Å². The normalized spacial score (nSPS) is 46.3. The molecule has 0 radical (unpaired) electrons. The summed E-state index contributed by atoms with van der Waals surface area (Å²) in [5.74, 6) is 1.92. The van der Waals surface area contributed by atoms with Gasteiger partial charge in [-0.2, -0.15) is 0 Å². The lowest BCUT2D eigenvalue weighted by Crippen LogP contribution is -2.52. The third-order valence-corrected chi connectivity index (χ3v) is 8.71. The molecule has 0 aliphatic heterocycles. The van der Waals surface area contributed by atoms with Gasteiger partial charge in [0.1, 0.15) is 6.10 Å². The van der Waals surface area contributed by atoms with E-state index in [0.717, 1.165) is 44.9 Å². The van der Waals surface area contributed by atoms with Crippen molar-refractivity contribution in [3.05, 3.63) is 10.6 Å². The third kappa shape index (κ3) is 2.44. The zero-order valence-electron chi connectivity index (χ0n) is 15.6. The van der Waals surface area contributed by atoms with Gasteiger partial charge in [0.2, 0.25) is 0 Å². The number of Topliss-reactive ketones (excluding diaryl/α,β-unsaturated/α-hetero) is 1. The first-order valence-electron chi connectivity index (χ1n) is 9.87. The summed E-state index contributed by atoms with van der Waals surface area (Å²) in [6, 6.07) is 0. The summed E-state index contributed by atoms with van der Waals surface area (Å²) >= 11 is 6.45. The standard InChI is InChI=1S/C21H29ClO3/c1-12(23)25-18-7-6-14-13-4-5-16-19(22)17(24)9-11-20(16,2)15(13)8-10-21(14,18)3/h13-15,18H,4-11H2,1-3H3/t13?,14-,15-,18-,20+,21-/m0/s1. The van der Waals surface area contributed by atoms with Crippen LogP contribution in [0.4, 0.5) is 0 Å². The molecule has 0 heterocycles. The van der Waals surface area contributed by atoms with Gasteiger partial charge in [0.15, 0.2) is 5.78 Å². The summed E-state index contributed by atoms with van der Waals surface area (Å²) < 4.78 is 5.71. The first kappa shape index (κ1) is 17.6. The van der Waals surface area contributed by atoms with Gasteiger partial charge in [0.25, 0.3) is 0 Å². The number of esters is 1. The van der Waals surface area contributed by atoms with Crippen molar-refractivity contribution in [1.82, 2.24) is 0 Å². The van der Waals surface area contributed by atoms with Gasteiger partial charge in [0.05, 0.1) is 5.03 Å². The van der Waals surface area contributed by atoms with E-state index in [-0.39, 0.29) is 28.7 Å². The van der Waals surface area contributed by atoms with E-state index in [9.17, 15) is 9.59 Å². The molecule has 4 heteroatoms. The fraction of sp³-hybridized carbons (Fsp3) is 0.810. The molecule has 0 N–H and O–H groups in total. The van der Waals surface area contributed by atoms with Crippen LogP contribution in [0.3, 0.4) is 0 Å². The molecular formula is C21H29ClO3. The number of carbonyl (C=O) groups excluding carboxylic acids is 2. The molecule has 138 valence electrons. The molecule has 4 aliphatic carbocycles. The largest absolute Gasteiger partial charge is 0.462 e. The Labute approximate surface area is 155 Å². The van der Waals surface area contributed by atoms with Crippen molar-refractivity contribution in [2.75, 3.05) is 0 Å². The van der Waals surface area contributed by atoms with Gasteiger partial charge < -0.3 is 4.74 Å². The molecule has 25 heavy (non-hydrogen) atoms. The second-order valence-electron chi connectivity index (χ2n) is 9.27. The Balaban J connectivity index is 1.65. The predicted molar refractivity (Wildman–Crippen MR) is 97.1 cm³/mol. The fourth-order valence-electron chi connectivity index (χ4n) is 7.00. The van der Waals surface area contributed by atoms with Crippen molar-refractivity contribution in [3.8, 4) is 0 Å². The van der Waals surface area contributed by atoms with Crippen LogP contribution in [0.15, 0.2) is 10.6 Å². The van der Waals surface area contributed by atoms with Crippen LogP contribution in [-0.4, -0.2) is 17.9 Å². The molecule has 4 aliphatic rings. The lowest BCUT2D eigenvalue weighted by atomic mass is 9.47. The van der Waals surface area contributed by atoms with Gasteiger partial charge in [0, 0.05) is 18.8 Å². The number of halogens is 1. The molecule has 0 spiro atoms. The Morgan fingerprint density at radius 3 is 2.56 bits per heavy atom. The monoisotopic (exact) mass is 364 g/mol. The number of hydrogen-bond donors (Lipinski definition) is 0. The van der Waals surface area contributed by atoms with E-state index >= 15 is 0 Å². The van der Waals surface area contributed by atoms with Crippen molar-refractivity contribution >= 4 is 23.4 Å². The van der Waals surface area contributed by atoms with E-state index in [2.05, 4.69) is 13.8 Å². The number of allylic oxidation sites excluding steroid dienone is 1. The highest BCUT2D eigenvalue weighted by Crippen LogP contribution is 2.66. The molecular weight excluding hydrogens is 336 g/mol. The summed E-state index contributed by atoms with van der Waals surface area (Å²) in [7, 11) is 0. The zero-order valence-corrected chi connectivity index (χ0v) is 16.3. The Kier molecular flexibility index (Phi) is 4.10. The molecule has 0 aromatic rings. The molecule has 0 aromatic carbocycles. The molecule has 0 amide bonds. The average Bonchev–Trinajstić information content (AvgIpc) is 2.88. The van der Waals surface area contributed by atoms with Crippen molar-refractivity contribution < 1.29 is 14.3 Å². The Hall–Kier alpha value is -0.830. The van der Waals surface area contributed by atoms with E-state index in [0.29, 0.717) is 29.2 Å². The first-order valence-corrected chi connectivity index (χ1v) is 10.2. The molecule has 3 fully saturated rings. The summed E-state index contributed by atoms with van der Waals surface area (Å²) in [5.41, 5.74) is 1.46. The molecule has 6 atom stereocenters. The van der Waals surface area contributed by atoms with E-state index in [4.69, 9.17) is 16.3 Å². The van der Waals surface area contributed by atoms with Crippen LogP contribution in [0.2, 0.25) is 0 Å². The molecule has 3 nitrogen and oxygen atoms in total. The highest BCUT2D eigenvalue weighted by atomic mass is 35.5. The van der Waals surface area contributed by atoms with Gasteiger partial charge >= 0.3 is 5.97 Å². The van der Waals surface area contributed by atoms with Crippen LogP contribution in [0, 0.1) is 28.6 Å². The number of ether oxygens (including phenoxy) is 1. The fourth-order valence-corrected chi connectivity index (χ4v) is 7.40. The number of rotatable bonds is 1. The number of fused-ring (bicyclic) bond motifs is 5. The Morgan fingerprint density at radius 2 is 1.84 bits per heavy atom. The van der Waals surface area contributed by atoms with Crippen LogP contribution >= 0.6 is 11.6 Å². The number of carbonyl (C=O) groups is 2. The maximum Gasteiger partial charge on any atom is 0.302 e. The van der Waals surface area contributed by atoms with Crippen LogP contribution in [0.25, 0.3) is 0 Å². The Bertz CT molecular complexity index is 654. The van der Waals surface area contributed by atoms with Crippen LogP contribution in [0.5, 0.6) is 0 Å². The van der Waals surface area contributed by atoms with Gasteiger partial charge in [-0.3, -0.25) is 9.59 Å². The first-order chi connectivity index (χ1) is 11.8. The van der Waals surface area contributed by atoms with E-state index in [1.165, 1.54) is 12.5 Å². The zero-order chi connectivity index (χ0) is 18.0. The van der Waals surface area contributed by atoms with Crippen LogP contribution < -0.4 is 0 Å². The number of hydrogen-bond acceptors (Lipinski definition) is 3. The summed E-state index contributed by atoms with van der Waals surface area (Å²) in [5, 5.41) is 0.546. The minimum atomic E-state index is -0.146. The van der Waals surface area contributed by atoms with E-state index < -0.39 is 0 Å². The van der Waals surface area contributed by atoms with Gasteiger partial charge in [-0.25, -0.2) is 0 Å². The summed E-state index contributed by atoms with van der Waals surface area (Å²) in [6.45, 7) is 6.23. The third-order valence-electron chi connectivity index (χ3n) is 8.27. The highest BCUT2D eigenvalue weighted by Gasteiger charge is 2.60. The lowest BCUT2D eigenvalue weighted by Gasteiger charge is -2.58. The minimum absolute atomic E-state index is 0.0808. The highest BCUT2D eigenvalue weighted by molar-refractivity contribution is 6.43.